The second-order valence-electron chi connectivity index (χ2n) is 10.7. The Morgan fingerprint density at radius 3 is 2.58 bits per heavy atom. The van der Waals surface area contributed by atoms with Gasteiger partial charge in [0.05, 0.1) is 23.1 Å². The van der Waals surface area contributed by atoms with Gasteiger partial charge in [0.1, 0.15) is 0 Å². The van der Waals surface area contributed by atoms with E-state index in [0.29, 0.717) is 0 Å². The molecule has 0 amide bonds. The normalized spacial score (nSPS) is 12.8. The van der Waals surface area contributed by atoms with Gasteiger partial charge in [-0.25, -0.2) is 0 Å². The topological polar surface area (TPSA) is 58.5 Å². The van der Waals surface area contributed by atoms with Crippen LogP contribution >= 0.6 is 11.3 Å². The summed E-state index contributed by atoms with van der Waals surface area (Å²) in [4.78, 5) is 2.70. The maximum absolute atomic E-state index is 4.67. The molecule has 3 heterocycles. The van der Waals surface area contributed by atoms with Crippen molar-refractivity contribution in [3.8, 4) is 33.0 Å². The van der Waals surface area contributed by atoms with E-state index in [2.05, 4.69) is 96.5 Å². The van der Waals surface area contributed by atoms with Crippen LogP contribution in [0.1, 0.15) is 43.2 Å². The Morgan fingerprint density at radius 2 is 1.87 bits per heavy atom. The van der Waals surface area contributed by atoms with Crippen LogP contribution in [-0.2, 0) is 13.5 Å². The fourth-order valence-corrected chi connectivity index (χ4v) is 6.57. The summed E-state index contributed by atoms with van der Waals surface area (Å²) in [6.07, 6.45) is 6.03. The molecule has 5 aromatic rings. The number of nitrogens with one attached hydrogen (secondary N) is 2. The molecule has 0 saturated heterocycles. The van der Waals surface area contributed by atoms with Crippen molar-refractivity contribution in [3.05, 3.63) is 77.3 Å². The van der Waals surface area contributed by atoms with Crippen LogP contribution in [0.5, 0.6) is 0 Å². The molecule has 0 saturated carbocycles. The average molecular weight is 524 g/mol. The van der Waals surface area contributed by atoms with E-state index in [1.54, 1.807) is 0 Å². The van der Waals surface area contributed by atoms with E-state index in [1.807, 2.05) is 42.4 Å². The van der Waals surface area contributed by atoms with Gasteiger partial charge in [-0.1, -0.05) is 69.8 Å². The molecule has 1 aliphatic rings. The zero-order chi connectivity index (χ0) is 26.8. The van der Waals surface area contributed by atoms with Crippen LogP contribution in [0.15, 0.2) is 61.3 Å². The predicted molar refractivity (Wildman–Crippen MR) is 162 cm³/mol. The smallest absolute Gasteiger partial charge is 0.0963 e. The van der Waals surface area contributed by atoms with Crippen molar-refractivity contribution < 1.29 is 0 Å². The van der Waals surface area contributed by atoms with Crippen molar-refractivity contribution in [3.63, 3.8) is 0 Å². The van der Waals surface area contributed by atoms with E-state index < -0.39 is 0 Å². The Kier molecular flexibility index (Phi) is 7.63. The summed E-state index contributed by atoms with van der Waals surface area (Å²) in [6, 6.07) is 17.3. The third-order valence-corrected chi connectivity index (χ3v) is 8.35. The number of aryl methyl sites for hydroxylation is 1. The lowest BCUT2D eigenvalue weighted by molar-refractivity contribution is 0.426. The number of nitrogens with zero attached hydrogens (tertiary/aromatic N) is 3. The summed E-state index contributed by atoms with van der Waals surface area (Å²) in [5.41, 5.74) is 9.43. The lowest BCUT2D eigenvalue weighted by atomic mass is 9.99. The van der Waals surface area contributed by atoms with Crippen LogP contribution in [0.3, 0.4) is 0 Å². The van der Waals surface area contributed by atoms with Gasteiger partial charge in [-0.15, -0.1) is 11.3 Å². The molecule has 2 N–H and O–H groups in total. The number of benzene rings is 2. The molecule has 0 radical (unpaired) electrons. The molecule has 0 spiro atoms. The quantitative estimate of drug-likeness (QED) is 0.224. The first-order valence-electron chi connectivity index (χ1n) is 13.4. The fourth-order valence-electron chi connectivity index (χ4n) is 5.38. The highest BCUT2D eigenvalue weighted by atomic mass is 32.1. The first kappa shape index (κ1) is 26.1. The molecule has 1 aliphatic carbocycles. The Morgan fingerprint density at radius 1 is 1.11 bits per heavy atom. The largest absolute Gasteiger partial charge is 0.319 e. The lowest BCUT2D eigenvalue weighted by Gasteiger charge is -2.12. The minimum absolute atomic E-state index is 0.829. The van der Waals surface area contributed by atoms with Gasteiger partial charge in [0, 0.05) is 45.3 Å². The molecule has 0 bridgehead atoms. The first-order chi connectivity index (χ1) is 18.4. The lowest BCUT2D eigenvalue weighted by Crippen LogP contribution is -2.17. The van der Waals surface area contributed by atoms with E-state index >= 15 is 0 Å². The van der Waals surface area contributed by atoms with Crippen molar-refractivity contribution in [2.24, 2.45) is 18.9 Å². The first-order valence-corrected chi connectivity index (χ1v) is 14.2. The minimum Gasteiger partial charge on any atom is -0.319 e. The van der Waals surface area contributed by atoms with Crippen molar-refractivity contribution in [2.45, 2.75) is 33.6 Å². The summed E-state index contributed by atoms with van der Waals surface area (Å²) in [6.45, 7) is 11.8. The Balaban J connectivity index is 0.000000284. The molecule has 196 valence electrons. The monoisotopic (exact) mass is 523 g/mol. The van der Waals surface area contributed by atoms with Gasteiger partial charge in [0.25, 0.3) is 0 Å². The average Bonchev–Trinajstić information content (AvgIpc) is 3.66. The maximum Gasteiger partial charge on any atom is 0.0963 e. The van der Waals surface area contributed by atoms with E-state index in [-0.39, 0.29) is 0 Å². The molecule has 38 heavy (non-hydrogen) atoms. The standard InChI is InChI=1S/C24H18N4S.C8H19N/c1-3-14-4-6-15(7-5-14)21-11-18-22(29-21)12-19-23(26-27-24(18)19)16-8-9-17-13-25-28(2)20(17)10-16;1-7(2)5-8(3)6-9-4/h3-11,13H,1,12H2,2H3,(H,26,27);7-9H,5-6H2,1-4H3. The molecular weight excluding hydrogens is 486 g/mol. The zero-order valence-corrected chi connectivity index (χ0v) is 23.8. The summed E-state index contributed by atoms with van der Waals surface area (Å²) < 4.78 is 1.91. The molecule has 2 aromatic carbocycles. The van der Waals surface area contributed by atoms with Crippen molar-refractivity contribution in [1.29, 1.82) is 0 Å². The molecule has 0 aliphatic heterocycles. The number of rotatable bonds is 7. The van der Waals surface area contributed by atoms with Gasteiger partial charge < -0.3 is 5.32 Å². The van der Waals surface area contributed by atoms with Crippen LogP contribution < -0.4 is 5.32 Å². The number of hydrogen-bond acceptors (Lipinski definition) is 4. The minimum atomic E-state index is 0.829. The van der Waals surface area contributed by atoms with Crippen LogP contribution in [0.2, 0.25) is 0 Å². The van der Waals surface area contributed by atoms with Gasteiger partial charge in [-0.2, -0.15) is 10.2 Å². The molecule has 0 fully saturated rings. The number of H-pyrrole nitrogens is 1. The van der Waals surface area contributed by atoms with E-state index in [4.69, 9.17) is 0 Å². The highest BCUT2D eigenvalue weighted by Gasteiger charge is 2.28. The summed E-state index contributed by atoms with van der Waals surface area (Å²) in [5, 5.41) is 16.6. The number of fused-ring (bicyclic) bond motifs is 4. The molecule has 1 unspecified atom stereocenters. The van der Waals surface area contributed by atoms with Crippen LogP contribution in [0.4, 0.5) is 0 Å². The summed E-state index contributed by atoms with van der Waals surface area (Å²) >= 11 is 1.87. The fraction of sp³-hybridized carbons (Fsp3) is 0.312. The third-order valence-electron chi connectivity index (χ3n) is 7.16. The zero-order valence-electron chi connectivity index (χ0n) is 23.0. The highest BCUT2D eigenvalue weighted by Crippen LogP contribution is 2.46. The molecule has 5 nitrogen and oxygen atoms in total. The van der Waals surface area contributed by atoms with Crippen molar-refractivity contribution >= 4 is 28.3 Å². The highest BCUT2D eigenvalue weighted by molar-refractivity contribution is 7.16. The van der Waals surface area contributed by atoms with Crippen LogP contribution in [0, 0.1) is 11.8 Å². The number of aromatic amines is 1. The van der Waals surface area contributed by atoms with Gasteiger partial charge >= 0.3 is 0 Å². The second kappa shape index (κ2) is 11.1. The van der Waals surface area contributed by atoms with E-state index in [9.17, 15) is 0 Å². The Bertz CT molecular complexity index is 1550. The van der Waals surface area contributed by atoms with Crippen molar-refractivity contribution in [2.75, 3.05) is 13.6 Å². The Hall–Kier alpha value is -3.48. The molecule has 6 heteroatoms. The third kappa shape index (κ3) is 5.24. The Labute approximate surface area is 229 Å². The summed E-state index contributed by atoms with van der Waals surface area (Å²) in [5.74, 6) is 1.67. The number of aromatic nitrogens is 4. The van der Waals surface area contributed by atoms with Crippen LogP contribution in [-0.4, -0.2) is 33.6 Å². The molecular formula is C32H37N5S. The predicted octanol–water partition coefficient (Wildman–Crippen LogP) is 7.79. The second-order valence-corrected chi connectivity index (χ2v) is 11.8. The summed E-state index contributed by atoms with van der Waals surface area (Å²) in [7, 11) is 3.98. The maximum atomic E-state index is 4.67. The molecule has 3 aromatic heterocycles. The number of hydrogen-bond donors (Lipinski definition) is 2. The van der Waals surface area contributed by atoms with E-state index in [1.165, 1.54) is 32.9 Å². The van der Waals surface area contributed by atoms with Crippen molar-refractivity contribution in [1.82, 2.24) is 25.3 Å². The molecule has 6 rings (SSSR count). The van der Waals surface area contributed by atoms with Gasteiger partial charge in [-0.05, 0) is 55.1 Å². The van der Waals surface area contributed by atoms with Gasteiger partial charge in [0.15, 0.2) is 0 Å². The van der Waals surface area contributed by atoms with Gasteiger partial charge in [-0.3, -0.25) is 9.78 Å². The number of thiophene rings is 1. The van der Waals surface area contributed by atoms with Crippen LogP contribution in [0.25, 0.3) is 49.9 Å². The SMILES string of the molecule is C=Cc1ccc(-c2cc3c(s2)Cc2c(-c4ccc5cnn(C)c5c4)n[nH]c2-3)cc1.CNCC(C)CC(C)C. The van der Waals surface area contributed by atoms with Gasteiger partial charge in [0.2, 0.25) is 0 Å². The van der Waals surface area contributed by atoms with E-state index in [0.717, 1.165) is 58.2 Å². The molecule has 1 atom stereocenters.